The van der Waals surface area contributed by atoms with Gasteiger partial charge in [-0.2, -0.15) is 0 Å². The van der Waals surface area contributed by atoms with E-state index in [0.717, 1.165) is 56.6 Å². The Labute approximate surface area is 365 Å². The van der Waals surface area contributed by atoms with E-state index < -0.39 is 0 Å². The summed E-state index contributed by atoms with van der Waals surface area (Å²) in [4.78, 5) is 4.98. The Bertz CT molecular complexity index is 2910. The van der Waals surface area contributed by atoms with E-state index in [0.29, 0.717) is 0 Å². The van der Waals surface area contributed by atoms with Crippen molar-refractivity contribution >= 4 is 34.4 Å². The van der Waals surface area contributed by atoms with Crippen molar-refractivity contribution in [1.82, 2.24) is 4.57 Å². The van der Waals surface area contributed by atoms with Gasteiger partial charge in [-0.3, -0.25) is 9.80 Å². The van der Waals surface area contributed by atoms with Crippen LogP contribution in [0.4, 0.5) is 34.4 Å². The summed E-state index contributed by atoms with van der Waals surface area (Å²) in [5, 5.41) is 0. The van der Waals surface area contributed by atoms with E-state index in [1.807, 2.05) is 0 Å². The van der Waals surface area contributed by atoms with Gasteiger partial charge in [0.25, 0.3) is 0 Å². The van der Waals surface area contributed by atoms with E-state index in [4.69, 9.17) is 0 Å². The Morgan fingerprint density at radius 1 is 0.323 bits per heavy atom. The average molecular weight is 800 g/mol. The van der Waals surface area contributed by atoms with Gasteiger partial charge < -0.3 is 4.57 Å². The SMILES string of the molecule is Cn1c(N(c2ccccc2)c2ccc3c(c2)C(C)(C)c2ccccc2-3)c(-c2ccccc2)c(-c2ccccc2)c1N(c1ccccc1)c1ccc2c(c1)C(C)(C)c1ccccc1-2. The maximum Gasteiger partial charge on any atom is 0.127 e. The molecule has 0 amide bonds. The molecule has 3 nitrogen and oxygen atoms in total. The zero-order chi connectivity index (χ0) is 42.2. The number of fused-ring (bicyclic) bond motifs is 6. The van der Waals surface area contributed by atoms with E-state index in [1.165, 1.54) is 44.5 Å². The van der Waals surface area contributed by atoms with Gasteiger partial charge in [0, 0.05) is 51.8 Å². The summed E-state index contributed by atoms with van der Waals surface area (Å²) < 4.78 is 2.45. The van der Waals surface area contributed by atoms with Gasteiger partial charge in [0.05, 0.1) is 0 Å². The highest BCUT2D eigenvalue weighted by atomic mass is 15.3. The van der Waals surface area contributed by atoms with Gasteiger partial charge in [0.15, 0.2) is 0 Å². The van der Waals surface area contributed by atoms with Crippen LogP contribution in [0, 0.1) is 0 Å². The van der Waals surface area contributed by atoms with Crippen LogP contribution in [0.15, 0.2) is 206 Å². The van der Waals surface area contributed by atoms with Gasteiger partial charge in [0.2, 0.25) is 0 Å². The molecule has 0 unspecified atom stereocenters. The first kappa shape index (κ1) is 37.6. The number of hydrogen-bond acceptors (Lipinski definition) is 2. The smallest absolute Gasteiger partial charge is 0.127 e. The van der Waals surface area contributed by atoms with Crippen molar-refractivity contribution in [2.75, 3.05) is 9.80 Å². The highest BCUT2D eigenvalue weighted by Crippen LogP contribution is 2.57. The van der Waals surface area contributed by atoms with Gasteiger partial charge in [-0.1, -0.05) is 185 Å². The van der Waals surface area contributed by atoms with Gasteiger partial charge in [-0.25, -0.2) is 0 Å². The Balaban J connectivity index is 1.24. The van der Waals surface area contributed by atoms with Crippen LogP contribution in [0.3, 0.4) is 0 Å². The summed E-state index contributed by atoms with van der Waals surface area (Å²) in [6.45, 7) is 9.47. The third-order valence-corrected chi connectivity index (χ3v) is 13.6. The summed E-state index contributed by atoms with van der Waals surface area (Å²) in [5.41, 5.74) is 19.4. The molecule has 0 N–H and O–H groups in total. The van der Waals surface area contributed by atoms with Crippen LogP contribution in [-0.4, -0.2) is 4.57 Å². The molecule has 0 bridgehead atoms. The lowest BCUT2D eigenvalue weighted by molar-refractivity contribution is 0.660. The number of nitrogens with zero attached hydrogens (tertiary/aromatic N) is 3. The summed E-state index contributed by atoms with van der Waals surface area (Å²) in [6, 6.07) is 75.8. The summed E-state index contributed by atoms with van der Waals surface area (Å²) in [6.07, 6.45) is 0. The summed E-state index contributed by atoms with van der Waals surface area (Å²) in [7, 11) is 2.26. The minimum atomic E-state index is -0.160. The maximum atomic E-state index is 2.49. The Kier molecular flexibility index (Phi) is 8.73. The van der Waals surface area contributed by atoms with Crippen LogP contribution < -0.4 is 9.80 Å². The Morgan fingerprint density at radius 2 is 0.645 bits per heavy atom. The highest BCUT2D eigenvalue weighted by molar-refractivity contribution is 6.05. The first-order valence-electron chi connectivity index (χ1n) is 21.8. The molecule has 9 aromatic rings. The van der Waals surface area contributed by atoms with Crippen molar-refractivity contribution in [2.24, 2.45) is 7.05 Å². The van der Waals surface area contributed by atoms with E-state index in [9.17, 15) is 0 Å². The van der Waals surface area contributed by atoms with Gasteiger partial charge in [-0.15, -0.1) is 0 Å². The molecule has 0 saturated heterocycles. The monoisotopic (exact) mass is 799 g/mol. The van der Waals surface area contributed by atoms with Crippen molar-refractivity contribution in [3.05, 3.63) is 229 Å². The van der Waals surface area contributed by atoms with Crippen LogP contribution in [0.2, 0.25) is 0 Å². The number of para-hydroxylation sites is 2. The summed E-state index contributed by atoms with van der Waals surface area (Å²) >= 11 is 0. The van der Waals surface area contributed by atoms with Crippen molar-refractivity contribution in [2.45, 2.75) is 38.5 Å². The zero-order valence-electron chi connectivity index (χ0n) is 36.0. The van der Waals surface area contributed by atoms with Gasteiger partial charge in [-0.05, 0) is 104 Å². The molecule has 11 rings (SSSR count). The molecule has 300 valence electrons. The highest BCUT2D eigenvalue weighted by Gasteiger charge is 2.39. The van der Waals surface area contributed by atoms with Crippen molar-refractivity contribution in [3.8, 4) is 44.5 Å². The Morgan fingerprint density at radius 3 is 1.03 bits per heavy atom. The zero-order valence-corrected chi connectivity index (χ0v) is 36.0. The number of anilines is 6. The second-order valence-electron chi connectivity index (χ2n) is 17.8. The first-order chi connectivity index (χ1) is 30.2. The van der Waals surface area contributed by atoms with Crippen LogP contribution in [0.1, 0.15) is 49.9 Å². The second-order valence-corrected chi connectivity index (χ2v) is 17.8. The molecule has 0 radical (unpaired) electrons. The van der Waals surface area contributed by atoms with Crippen LogP contribution in [0.25, 0.3) is 44.5 Å². The molecule has 0 fully saturated rings. The standard InChI is InChI=1S/C59H49N3/c1-58(2)50-32-20-18-30-46(50)48-36-34-44(38-52(48)58)61(42-26-14-8-15-27-42)56-54(40-22-10-6-11-23-40)55(41-24-12-7-13-25-41)57(60(56)5)62(43-28-16-9-17-29-43)45-35-37-49-47-31-19-21-33-51(47)59(3,4)53(49)39-45/h6-39H,1-5H3. The molecule has 0 spiro atoms. The quantitative estimate of drug-likeness (QED) is 0.152. The molecule has 0 saturated carbocycles. The van der Waals surface area contributed by atoms with Gasteiger partial charge in [0.1, 0.15) is 11.6 Å². The molecule has 1 heterocycles. The Hall–Kier alpha value is -7.36. The van der Waals surface area contributed by atoms with Crippen LogP contribution >= 0.6 is 0 Å². The molecule has 8 aromatic carbocycles. The molecule has 62 heavy (non-hydrogen) atoms. The number of hydrogen-bond donors (Lipinski definition) is 0. The lowest BCUT2D eigenvalue weighted by Crippen LogP contribution is -2.20. The molecule has 1 aromatic heterocycles. The van der Waals surface area contributed by atoms with E-state index in [1.54, 1.807) is 0 Å². The van der Waals surface area contributed by atoms with E-state index >= 15 is 0 Å². The van der Waals surface area contributed by atoms with Crippen LogP contribution in [0.5, 0.6) is 0 Å². The molecule has 2 aliphatic carbocycles. The maximum absolute atomic E-state index is 2.49. The normalized spacial score (nSPS) is 13.8. The third kappa shape index (κ3) is 5.72. The molecule has 2 aliphatic rings. The lowest BCUT2D eigenvalue weighted by Gasteiger charge is -2.31. The molecule has 0 aliphatic heterocycles. The van der Waals surface area contributed by atoms with E-state index in [2.05, 4.69) is 255 Å². The fourth-order valence-electron chi connectivity index (χ4n) is 10.5. The molecular formula is C59H49N3. The predicted octanol–water partition coefficient (Wildman–Crippen LogP) is 15.9. The van der Waals surface area contributed by atoms with Crippen molar-refractivity contribution in [3.63, 3.8) is 0 Å². The fourth-order valence-corrected chi connectivity index (χ4v) is 10.5. The lowest BCUT2D eigenvalue weighted by atomic mass is 9.82. The minimum Gasteiger partial charge on any atom is -0.315 e. The molecule has 0 atom stereocenters. The number of rotatable bonds is 8. The topological polar surface area (TPSA) is 11.4 Å². The molecular weight excluding hydrogens is 751 g/mol. The summed E-state index contributed by atoms with van der Waals surface area (Å²) in [5.74, 6) is 2.17. The van der Waals surface area contributed by atoms with Crippen LogP contribution in [-0.2, 0) is 17.9 Å². The van der Waals surface area contributed by atoms with Crippen molar-refractivity contribution < 1.29 is 0 Å². The average Bonchev–Trinajstić information content (AvgIpc) is 3.83. The van der Waals surface area contributed by atoms with E-state index in [-0.39, 0.29) is 10.8 Å². The molecule has 3 heteroatoms. The first-order valence-corrected chi connectivity index (χ1v) is 21.8. The number of benzene rings is 8. The predicted molar refractivity (Wildman–Crippen MR) is 261 cm³/mol. The fraction of sp³-hybridized carbons (Fsp3) is 0.119. The van der Waals surface area contributed by atoms with Gasteiger partial charge >= 0.3 is 0 Å². The third-order valence-electron chi connectivity index (χ3n) is 13.6. The minimum absolute atomic E-state index is 0.160. The van der Waals surface area contributed by atoms with Crippen molar-refractivity contribution in [1.29, 1.82) is 0 Å². The number of aromatic nitrogens is 1. The largest absolute Gasteiger partial charge is 0.315 e. The second kappa shape index (κ2) is 14.4.